The van der Waals surface area contributed by atoms with Crippen LogP contribution in [0.3, 0.4) is 0 Å². The molecule has 0 unspecified atom stereocenters. The van der Waals surface area contributed by atoms with Crippen molar-refractivity contribution in [3.8, 4) is 5.75 Å². The van der Waals surface area contributed by atoms with E-state index in [1.165, 1.54) is 0 Å². The van der Waals surface area contributed by atoms with E-state index in [0.29, 0.717) is 0 Å². The highest BCUT2D eigenvalue weighted by molar-refractivity contribution is 6.65. The minimum Gasteiger partial charge on any atom is -0.493 e. The molecule has 0 N–H and O–H groups in total. The molecular weight excluding hydrogens is 274 g/mol. The molecule has 0 atom stereocenters. The monoisotopic (exact) mass is 294 g/mol. The number of benzene rings is 1. The van der Waals surface area contributed by atoms with Crippen molar-refractivity contribution < 1.29 is 14.0 Å². The Morgan fingerprint density at radius 3 is 2.40 bits per heavy atom. The number of hydrogen-bond acceptors (Lipinski definition) is 3. The molecule has 1 fully saturated rings. The van der Waals surface area contributed by atoms with Crippen molar-refractivity contribution in [1.29, 1.82) is 0 Å². The smallest absolute Gasteiger partial charge is 0.493 e. The molecule has 1 aromatic rings. The maximum Gasteiger partial charge on any atom is 0.496 e. The van der Waals surface area contributed by atoms with Crippen LogP contribution in [0, 0.1) is 0 Å². The Morgan fingerprint density at radius 1 is 1.10 bits per heavy atom. The van der Waals surface area contributed by atoms with Crippen molar-refractivity contribution in [2.45, 2.75) is 51.7 Å². The molecule has 0 radical (unpaired) electrons. The molecule has 0 aliphatic carbocycles. The van der Waals surface area contributed by atoms with Gasteiger partial charge < -0.3 is 14.0 Å². The van der Waals surface area contributed by atoms with Crippen molar-refractivity contribution in [3.63, 3.8) is 0 Å². The lowest BCUT2D eigenvalue weighted by atomic mass is 9.77. The summed E-state index contributed by atoms with van der Waals surface area (Å²) in [5.41, 5.74) is 1.26. The van der Waals surface area contributed by atoms with Crippen LogP contribution >= 0.6 is 11.6 Å². The van der Waals surface area contributed by atoms with Gasteiger partial charge in [-0.05, 0) is 46.6 Å². The van der Waals surface area contributed by atoms with E-state index in [4.69, 9.17) is 25.6 Å². The van der Waals surface area contributed by atoms with Crippen LogP contribution in [0.15, 0.2) is 12.1 Å². The summed E-state index contributed by atoms with van der Waals surface area (Å²) in [4.78, 5) is 0. The van der Waals surface area contributed by atoms with Gasteiger partial charge in [0.05, 0.1) is 17.8 Å². The van der Waals surface area contributed by atoms with Crippen LogP contribution in [0.4, 0.5) is 0 Å². The lowest BCUT2D eigenvalue weighted by Gasteiger charge is -2.32. The third kappa shape index (κ3) is 2.14. The number of ether oxygens (including phenoxy) is 1. The Bertz CT molecular complexity index is 526. The summed E-state index contributed by atoms with van der Waals surface area (Å²) in [6.07, 6.45) is 1.95. The molecule has 108 valence electrons. The molecule has 3 nitrogen and oxygen atoms in total. The van der Waals surface area contributed by atoms with Crippen LogP contribution in [-0.4, -0.2) is 24.9 Å². The van der Waals surface area contributed by atoms with E-state index in [1.807, 2.05) is 39.8 Å². The standard InChI is InChI=1S/C15H20BClO3/c1-14(2)15(3,4)20-16(19-14)11-7-8-12-10(13(11)17)6-5-9-18-12/h7-8H,5-6,9H2,1-4H3. The summed E-state index contributed by atoms with van der Waals surface area (Å²) < 4.78 is 17.8. The van der Waals surface area contributed by atoms with E-state index < -0.39 is 7.12 Å². The SMILES string of the molecule is CC1(C)OB(c2ccc3c(c2Cl)CCCO3)OC1(C)C. The van der Waals surface area contributed by atoms with Crippen LogP contribution in [0.5, 0.6) is 5.75 Å². The molecular formula is C15H20BClO3. The van der Waals surface area contributed by atoms with E-state index >= 15 is 0 Å². The molecule has 1 saturated heterocycles. The van der Waals surface area contributed by atoms with Crippen LogP contribution in [0.25, 0.3) is 0 Å². The topological polar surface area (TPSA) is 27.7 Å². The van der Waals surface area contributed by atoms with Gasteiger partial charge in [-0.2, -0.15) is 0 Å². The summed E-state index contributed by atoms with van der Waals surface area (Å²) in [6, 6.07) is 3.93. The quantitative estimate of drug-likeness (QED) is 0.745. The van der Waals surface area contributed by atoms with E-state index in [9.17, 15) is 0 Å². The van der Waals surface area contributed by atoms with Crippen molar-refractivity contribution in [3.05, 3.63) is 22.7 Å². The molecule has 1 aromatic carbocycles. The van der Waals surface area contributed by atoms with Crippen LogP contribution in [-0.2, 0) is 15.7 Å². The van der Waals surface area contributed by atoms with Gasteiger partial charge in [0, 0.05) is 16.0 Å². The van der Waals surface area contributed by atoms with Gasteiger partial charge in [0.15, 0.2) is 0 Å². The molecule has 0 spiro atoms. The van der Waals surface area contributed by atoms with Gasteiger partial charge in [-0.1, -0.05) is 17.7 Å². The second kappa shape index (κ2) is 4.65. The maximum atomic E-state index is 6.55. The second-order valence-corrected chi connectivity index (χ2v) is 6.86. The maximum absolute atomic E-state index is 6.55. The minimum absolute atomic E-state index is 0.354. The molecule has 5 heteroatoms. The fourth-order valence-corrected chi connectivity index (χ4v) is 2.91. The molecule has 0 saturated carbocycles. The Labute approximate surface area is 125 Å². The van der Waals surface area contributed by atoms with Gasteiger partial charge in [-0.25, -0.2) is 0 Å². The minimum atomic E-state index is -0.417. The molecule has 2 aliphatic heterocycles. The average molecular weight is 295 g/mol. The van der Waals surface area contributed by atoms with Crippen LogP contribution < -0.4 is 10.2 Å². The first-order valence-corrected chi connectivity index (χ1v) is 7.49. The molecule has 0 amide bonds. The molecule has 0 bridgehead atoms. The normalized spacial score (nSPS) is 23.4. The van der Waals surface area contributed by atoms with Crippen LogP contribution in [0.2, 0.25) is 5.02 Å². The second-order valence-electron chi connectivity index (χ2n) is 6.49. The Balaban J connectivity index is 1.96. The predicted octanol–water partition coefficient (Wildman–Crippen LogP) is 2.96. The van der Waals surface area contributed by atoms with Crippen molar-refractivity contribution in [2.75, 3.05) is 6.61 Å². The molecule has 2 aliphatic rings. The van der Waals surface area contributed by atoms with Crippen molar-refractivity contribution in [2.24, 2.45) is 0 Å². The zero-order chi connectivity index (χ0) is 14.5. The molecule has 3 rings (SSSR count). The Morgan fingerprint density at radius 2 is 1.75 bits per heavy atom. The first-order chi connectivity index (χ1) is 9.32. The Kier molecular flexibility index (Phi) is 3.31. The highest BCUT2D eigenvalue weighted by Gasteiger charge is 2.52. The Hall–Kier alpha value is -0.705. The van der Waals surface area contributed by atoms with Gasteiger partial charge in [-0.15, -0.1) is 0 Å². The summed E-state index contributed by atoms with van der Waals surface area (Å²) in [5.74, 6) is 0.890. The molecule has 2 heterocycles. The van der Waals surface area contributed by atoms with Crippen molar-refractivity contribution in [1.82, 2.24) is 0 Å². The third-order valence-electron chi connectivity index (χ3n) is 4.57. The number of fused-ring (bicyclic) bond motifs is 1. The first-order valence-electron chi connectivity index (χ1n) is 7.11. The van der Waals surface area contributed by atoms with E-state index in [-0.39, 0.29) is 11.2 Å². The molecule has 0 aromatic heterocycles. The summed E-state index contributed by atoms with van der Waals surface area (Å²) in [7, 11) is -0.417. The first kappa shape index (κ1) is 14.2. The van der Waals surface area contributed by atoms with Gasteiger partial charge in [0.1, 0.15) is 5.75 Å². The number of rotatable bonds is 1. The highest BCUT2D eigenvalue weighted by atomic mass is 35.5. The molecule has 20 heavy (non-hydrogen) atoms. The fourth-order valence-electron chi connectivity index (χ4n) is 2.57. The predicted molar refractivity (Wildman–Crippen MR) is 81.0 cm³/mol. The summed E-state index contributed by atoms with van der Waals surface area (Å²) in [6.45, 7) is 8.94. The lowest BCUT2D eigenvalue weighted by Crippen LogP contribution is -2.41. The largest absolute Gasteiger partial charge is 0.496 e. The zero-order valence-electron chi connectivity index (χ0n) is 12.5. The lowest BCUT2D eigenvalue weighted by molar-refractivity contribution is 0.00578. The van der Waals surface area contributed by atoms with E-state index in [2.05, 4.69) is 0 Å². The van der Waals surface area contributed by atoms with Crippen molar-refractivity contribution >= 4 is 24.2 Å². The van der Waals surface area contributed by atoms with Gasteiger partial charge in [-0.3, -0.25) is 0 Å². The average Bonchev–Trinajstić information content (AvgIpc) is 2.59. The van der Waals surface area contributed by atoms with Crippen LogP contribution in [0.1, 0.15) is 39.7 Å². The van der Waals surface area contributed by atoms with Gasteiger partial charge in [0.25, 0.3) is 0 Å². The van der Waals surface area contributed by atoms with E-state index in [0.717, 1.165) is 41.2 Å². The summed E-state index contributed by atoms with van der Waals surface area (Å²) >= 11 is 6.55. The summed E-state index contributed by atoms with van der Waals surface area (Å²) in [5, 5.41) is 0.723. The zero-order valence-corrected chi connectivity index (χ0v) is 13.2. The van der Waals surface area contributed by atoms with Gasteiger partial charge >= 0.3 is 7.12 Å². The number of hydrogen-bond donors (Lipinski definition) is 0. The highest BCUT2D eigenvalue weighted by Crippen LogP contribution is 2.38. The fraction of sp³-hybridized carbons (Fsp3) is 0.600. The van der Waals surface area contributed by atoms with E-state index in [1.54, 1.807) is 0 Å². The third-order valence-corrected chi connectivity index (χ3v) is 5.01. The number of halogens is 1. The van der Waals surface area contributed by atoms with Gasteiger partial charge in [0.2, 0.25) is 0 Å².